The molecule has 3 N–H and O–H groups in total. The van der Waals surface area contributed by atoms with Gasteiger partial charge in [0, 0.05) is 13.1 Å². The molecule has 0 radical (unpaired) electrons. The first kappa shape index (κ1) is 15.0. The molecule has 18 heavy (non-hydrogen) atoms. The summed E-state index contributed by atoms with van der Waals surface area (Å²) < 4.78 is 0. The summed E-state index contributed by atoms with van der Waals surface area (Å²) in [7, 11) is 0. The molecule has 5 nitrogen and oxygen atoms in total. The zero-order chi connectivity index (χ0) is 13.8. The minimum absolute atomic E-state index is 0.0352. The van der Waals surface area contributed by atoms with E-state index < -0.39 is 17.4 Å². The number of amides is 1. The molecule has 1 aliphatic heterocycles. The van der Waals surface area contributed by atoms with Crippen molar-refractivity contribution in [3.05, 3.63) is 0 Å². The van der Waals surface area contributed by atoms with Crippen LogP contribution in [0.5, 0.6) is 0 Å². The summed E-state index contributed by atoms with van der Waals surface area (Å²) in [4.78, 5) is 25.0. The molecule has 1 rings (SSSR count). The van der Waals surface area contributed by atoms with Crippen molar-refractivity contribution in [1.29, 1.82) is 0 Å². The number of nitrogens with zero attached hydrogens (tertiary/aromatic N) is 1. The molecule has 0 aliphatic carbocycles. The SMILES string of the molecule is CCCC(N)C(=O)N1CCC(CC)(C(=O)O)CC1. The van der Waals surface area contributed by atoms with Crippen molar-refractivity contribution in [2.24, 2.45) is 11.1 Å². The highest BCUT2D eigenvalue weighted by Crippen LogP contribution is 2.35. The largest absolute Gasteiger partial charge is 0.481 e. The molecule has 1 unspecified atom stereocenters. The Morgan fingerprint density at radius 2 is 1.89 bits per heavy atom. The molecule has 0 spiro atoms. The number of likely N-dealkylation sites (tertiary alicyclic amines) is 1. The molecule has 1 fully saturated rings. The van der Waals surface area contributed by atoms with Crippen LogP contribution in [0.1, 0.15) is 46.0 Å². The molecule has 0 aromatic rings. The highest BCUT2D eigenvalue weighted by Gasteiger charge is 2.41. The van der Waals surface area contributed by atoms with Crippen LogP contribution in [-0.2, 0) is 9.59 Å². The summed E-state index contributed by atoms with van der Waals surface area (Å²) in [6.45, 7) is 4.91. The first-order chi connectivity index (χ1) is 8.46. The van der Waals surface area contributed by atoms with Gasteiger partial charge in [0.2, 0.25) is 5.91 Å². The lowest BCUT2D eigenvalue weighted by atomic mass is 9.76. The van der Waals surface area contributed by atoms with Gasteiger partial charge in [0.1, 0.15) is 0 Å². The second kappa shape index (κ2) is 6.18. The number of carboxylic acid groups (broad SMARTS) is 1. The number of hydrogen-bond donors (Lipinski definition) is 2. The van der Waals surface area contributed by atoms with Crippen LogP contribution in [0.15, 0.2) is 0 Å². The Morgan fingerprint density at radius 3 is 2.28 bits per heavy atom. The van der Waals surface area contributed by atoms with E-state index in [2.05, 4.69) is 0 Å². The standard InChI is InChI=1S/C13H24N2O3/c1-3-5-10(14)11(16)15-8-6-13(4-2,7-9-15)12(17)18/h10H,3-9,14H2,1-2H3,(H,17,18). The fraction of sp³-hybridized carbons (Fsp3) is 0.846. The molecule has 1 amide bonds. The average molecular weight is 256 g/mol. The second-order valence-corrected chi connectivity index (χ2v) is 5.16. The van der Waals surface area contributed by atoms with Crippen LogP contribution < -0.4 is 5.73 Å². The summed E-state index contributed by atoms with van der Waals surface area (Å²) in [5.74, 6) is -0.776. The van der Waals surface area contributed by atoms with Gasteiger partial charge in [-0.05, 0) is 25.7 Å². The van der Waals surface area contributed by atoms with E-state index in [1.54, 1.807) is 4.90 Å². The first-order valence-electron chi connectivity index (χ1n) is 6.74. The Balaban J connectivity index is 2.58. The lowest BCUT2D eigenvalue weighted by molar-refractivity contribution is -0.154. The van der Waals surface area contributed by atoms with Crippen molar-refractivity contribution < 1.29 is 14.7 Å². The van der Waals surface area contributed by atoms with Crippen LogP contribution in [0.3, 0.4) is 0 Å². The van der Waals surface area contributed by atoms with Gasteiger partial charge in [0.05, 0.1) is 11.5 Å². The van der Waals surface area contributed by atoms with Crippen LogP contribution in [0.25, 0.3) is 0 Å². The zero-order valence-electron chi connectivity index (χ0n) is 11.3. The number of nitrogens with two attached hydrogens (primary N) is 1. The number of aliphatic carboxylic acids is 1. The minimum Gasteiger partial charge on any atom is -0.481 e. The number of hydrogen-bond acceptors (Lipinski definition) is 3. The molecule has 0 aromatic carbocycles. The molecular formula is C13H24N2O3. The summed E-state index contributed by atoms with van der Waals surface area (Å²) in [6.07, 6.45) is 3.25. The first-order valence-corrected chi connectivity index (χ1v) is 6.74. The fourth-order valence-corrected chi connectivity index (χ4v) is 2.54. The van der Waals surface area contributed by atoms with Gasteiger partial charge in [-0.3, -0.25) is 9.59 Å². The van der Waals surface area contributed by atoms with E-state index in [0.29, 0.717) is 38.8 Å². The molecule has 5 heteroatoms. The Labute approximate surface area is 108 Å². The zero-order valence-corrected chi connectivity index (χ0v) is 11.3. The Kier molecular flexibility index (Phi) is 5.14. The number of carbonyl (C=O) groups excluding carboxylic acids is 1. The summed E-state index contributed by atoms with van der Waals surface area (Å²) >= 11 is 0. The smallest absolute Gasteiger partial charge is 0.309 e. The molecule has 0 aromatic heterocycles. The quantitative estimate of drug-likeness (QED) is 0.774. The topological polar surface area (TPSA) is 83.6 Å². The van der Waals surface area contributed by atoms with E-state index in [1.807, 2.05) is 13.8 Å². The second-order valence-electron chi connectivity index (χ2n) is 5.16. The minimum atomic E-state index is -0.741. The molecule has 104 valence electrons. The van der Waals surface area contributed by atoms with E-state index in [1.165, 1.54) is 0 Å². The van der Waals surface area contributed by atoms with Crippen LogP contribution >= 0.6 is 0 Å². The Morgan fingerprint density at radius 1 is 1.33 bits per heavy atom. The third-order valence-corrected chi connectivity index (χ3v) is 4.08. The van der Waals surface area contributed by atoms with Crippen LogP contribution in [0, 0.1) is 5.41 Å². The third kappa shape index (κ3) is 3.02. The van der Waals surface area contributed by atoms with E-state index in [4.69, 9.17) is 5.73 Å². The summed E-state index contributed by atoms with van der Waals surface area (Å²) in [5.41, 5.74) is 5.16. The lowest BCUT2D eigenvalue weighted by Gasteiger charge is -2.39. The predicted molar refractivity (Wildman–Crippen MR) is 69.1 cm³/mol. The molecule has 0 saturated carbocycles. The van der Waals surface area contributed by atoms with Crippen molar-refractivity contribution in [1.82, 2.24) is 4.90 Å². The maximum absolute atomic E-state index is 12.0. The van der Waals surface area contributed by atoms with Gasteiger partial charge in [0.25, 0.3) is 0 Å². The third-order valence-electron chi connectivity index (χ3n) is 4.08. The van der Waals surface area contributed by atoms with Crippen LogP contribution in [0.2, 0.25) is 0 Å². The average Bonchev–Trinajstić information content (AvgIpc) is 2.38. The lowest BCUT2D eigenvalue weighted by Crippen LogP contribution is -2.51. The van der Waals surface area contributed by atoms with Gasteiger partial charge in [-0.2, -0.15) is 0 Å². The number of piperidine rings is 1. The normalized spacial score (nSPS) is 20.5. The molecule has 0 bridgehead atoms. The highest BCUT2D eigenvalue weighted by atomic mass is 16.4. The molecule has 1 saturated heterocycles. The van der Waals surface area contributed by atoms with Gasteiger partial charge < -0.3 is 15.7 Å². The van der Waals surface area contributed by atoms with E-state index >= 15 is 0 Å². The van der Waals surface area contributed by atoms with Crippen molar-refractivity contribution >= 4 is 11.9 Å². The van der Waals surface area contributed by atoms with Gasteiger partial charge in [0.15, 0.2) is 0 Å². The fourth-order valence-electron chi connectivity index (χ4n) is 2.54. The van der Waals surface area contributed by atoms with Crippen LogP contribution in [-0.4, -0.2) is 41.0 Å². The van der Waals surface area contributed by atoms with Crippen molar-refractivity contribution in [3.8, 4) is 0 Å². The predicted octanol–water partition coefficient (Wildman–Crippen LogP) is 1.22. The van der Waals surface area contributed by atoms with Gasteiger partial charge in [-0.25, -0.2) is 0 Å². The van der Waals surface area contributed by atoms with Crippen molar-refractivity contribution in [2.45, 2.75) is 52.0 Å². The van der Waals surface area contributed by atoms with E-state index in [-0.39, 0.29) is 5.91 Å². The maximum Gasteiger partial charge on any atom is 0.309 e. The molecule has 1 atom stereocenters. The number of carboxylic acids is 1. The molecule has 1 aliphatic rings. The van der Waals surface area contributed by atoms with Gasteiger partial charge >= 0.3 is 5.97 Å². The molecule has 1 heterocycles. The monoisotopic (exact) mass is 256 g/mol. The Hall–Kier alpha value is -1.10. The summed E-state index contributed by atoms with van der Waals surface area (Å²) in [6, 6.07) is -0.436. The van der Waals surface area contributed by atoms with E-state index in [9.17, 15) is 14.7 Å². The van der Waals surface area contributed by atoms with Crippen LogP contribution in [0.4, 0.5) is 0 Å². The van der Waals surface area contributed by atoms with E-state index in [0.717, 1.165) is 6.42 Å². The number of rotatable bonds is 5. The van der Waals surface area contributed by atoms with Crippen molar-refractivity contribution in [2.75, 3.05) is 13.1 Å². The van der Waals surface area contributed by atoms with Crippen molar-refractivity contribution in [3.63, 3.8) is 0 Å². The number of carbonyl (C=O) groups is 2. The summed E-state index contributed by atoms with van der Waals surface area (Å²) in [5, 5.41) is 9.28. The highest BCUT2D eigenvalue weighted by molar-refractivity contribution is 5.82. The Bertz CT molecular complexity index is 309. The maximum atomic E-state index is 12.0. The van der Waals surface area contributed by atoms with Gasteiger partial charge in [-0.1, -0.05) is 20.3 Å². The van der Waals surface area contributed by atoms with Gasteiger partial charge in [-0.15, -0.1) is 0 Å². The molecular weight excluding hydrogens is 232 g/mol.